The van der Waals surface area contributed by atoms with Gasteiger partial charge in [0.05, 0.1) is 29.9 Å². The molecule has 4 aromatic rings. The largest absolute Gasteiger partial charge is 0.479 e. The zero-order valence-electron chi connectivity index (χ0n) is 29.1. The van der Waals surface area contributed by atoms with Crippen LogP contribution in [0.5, 0.6) is 0 Å². The van der Waals surface area contributed by atoms with Crippen LogP contribution in [0.15, 0.2) is 84.9 Å². The lowest BCUT2D eigenvalue weighted by Crippen LogP contribution is -2.60. The summed E-state index contributed by atoms with van der Waals surface area (Å²) < 4.78 is 26.0. The number of hydrogen-bond acceptors (Lipinski definition) is 10. The van der Waals surface area contributed by atoms with Crippen LogP contribution in [0.4, 0.5) is 10.1 Å². The number of aliphatic hydroxyl groups is 5. The molecular formula is C39H43FN2O11. The number of aromatic nitrogens is 1. The summed E-state index contributed by atoms with van der Waals surface area (Å²) in [6, 6.07) is 24.2. The Morgan fingerprint density at radius 1 is 0.849 bits per heavy atom. The molecule has 1 fully saturated rings. The number of rotatable bonds is 14. The number of amides is 1. The van der Waals surface area contributed by atoms with Crippen LogP contribution in [0.25, 0.3) is 22.4 Å². The van der Waals surface area contributed by atoms with Gasteiger partial charge < -0.3 is 50.0 Å². The number of anilines is 1. The molecule has 0 saturated carbocycles. The minimum absolute atomic E-state index is 0.0531. The Kier molecular flexibility index (Phi) is 12.8. The van der Waals surface area contributed by atoms with E-state index in [1.165, 1.54) is 12.1 Å². The molecule has 1 aliphatic rings. The van der Waals surface area contributed by atoms with Gasteiger partial charge in [0.2, 0.25) is 6.29 Å². The Balaban J connectivity index is 1.41. The lowest BCUT2D eigenvalue weighted by molar-refractivity contribution is -0.286. The topological polar surface area (TPSA) is 208 Å². The van der Waals surface area contributed by atoms with Crippen LogP contribution in [0, 0.1) is 5.82 Å². The van der Waals surface area contributed by atoms with E-state index in [1.807, 2.05) is 54.8 Å². The van der Waals surface area contributed by atoms with Gasteiger partial charge in [-0.25, -0.2) is 9.18 Å². The predicted molar refractivity (Wildman–Crippen MR) is 190 cm³/mol. The number of carbonyl (C=O) groups is 3. The number of carbonyl (C=O) groups excluding carboxylic acids is 2. The Morgan fingerprint density at radius 2 is 1.47 bits per heavy atom. The molecule has 5 rings (SSSR count). The average molecular weight is 735 g/mol. The second kappa shape index (κ2) is 17.2. The van der Waals surface area contributed by atoms with E-state index in [1.54, 1.807) is 36.4 Å². The van der Waals surface area contributed by atoms with Gasteiger partial charge in [-0.1, -0.05) is 62.4 Å². The number of nitrogens with zero attached hydrogens (tertiary/aromatic N) is 1. The van der Waals surface area contributed by atoms with Gasteiger partial charge >= 0.3 is 11.9 Å². The first-order valence-corrected chi connectivity index (χ1v) is 17.2. The number of aliphatic hydroxyl groups excluding tert-OH is 5. The SMILES string of the molecule is CC(C)c1c(C(=O)Nc2ccccc2)c(-c2ccccc2)c(-c2ccc(F)cc2)n1CCC(O)CC(O)CC(=O)OC1OC(C(=O)O)C(O)C(O)C1O. The second-order valence-corrected chi connectivity index (χ2v) is 13.2. The van der Waals surface area contributed by atoms with Crippen LogP contribution in [-0.4, -0.2) is 96.0 Å². The van der Waals surface area contributed by atoms with E-state index >= 15 is 0 Å². The summed E-state index contributed by atoms with van der Waals surface area (Å²) in [6.45, 7) is 4.02. The van der Waals surface area contributed by atoms with Crippen molar-refractivity contribution in [1.82, 2.24) is 4.57 Å². The van der Waals surface area contributed by atoms with Crippen LogP contribution in [0.2, 0.25) is 0 Å². The molecule has 1 aromatic heterocycles. The molecule has 53 heavy (non-hydrogen) atoms. The van der Waals surface area contributed by atoms with E-state index in [2.05, 4.69) is 5.32 Å². The molecule has 14 heteroatoms. The van der Waals surface area contributed by atoms with Crippen molar-refractivity contribution in [2.24, 2.45) is 0 Å². The van der Waals surface area contributed by atoms with Crippen LogP contribution >= 0.6 is 0 Å². The third kappa shape index (κ3) is 9.16. The fourth-order valence-corrected chi connectivity index (χ4v) is 6.52. The molecular weight excluding hydrogens is 691 g/mol. The Labute approximate surface area is 304 Å². The van der Waals surface area contributed by atoms with Crippen molar-refractivity contribution in [3.8, 4) is 22.4 Å². The van der Waals surface area contributed by atoms with Gasteiger partial charge in [-0.05, 0) is 66.3 Å². The van der Waals surface area contributed by atoms with E-state index in [0.29, 0.717) is 33.8 Å². The van der Waals surface area contributed by atoms with Crippen LogP contribution in [0.1, 0.15) is 55.1 Å². The molecule has 13 nitrogen and oxygen atoms in total. The predicted octanol–water partition coefficient (Wildman–Crippen LogP) is 3.66. The average Bonchev–Trinajstić information content (AvgIpc) is 3.47. The smallest absolute Gasteiger partial charge is 0.335 e. The molecule has 0 aliphatic carbocycles. The van der Waals surface area contributed by atoms with Crippen LogP contribution in [-0.2, 0) is 25.6 Å². The quantitative estimate of drug-likeness (QED) is 0.0931. The second-order valence-electron chi connectivity index (χ2n) is 13.2. The lowest BCUT2D eigenvalue weighted by atomic mass is 9.94. The molecule has 282 valence electrons. The molecule has 7 N–H and O–H groups in total. The van der Waals surface area contributed by atoms with E-state index in [9.17, 15) is 49.4 Å². The molecule has 1 aliphatic heterocycles. The molecule has 0 spiro atoms. The number of carboxylic acids is 1. The highest BCUT2D eigenvalue weighted by atomic mass is 19.1. The number of carboxylic acid groups (broad SMARTS) is 1. The Hall–Kier alpha value is -4.96. The summed E-state index contributed by atoms with van der Waals surface area (Å²) in [5, 5.41) is 64.0. The van der Waals surface area contributed by atoms with E-state index in [-0.39, 0.29) is 31.2 Å². The summed E-state index contributed by atoms with van der Waals surface area (Å²) in [4.78, 5) is 38.2. The number of benzene rings is 3. The van der Waals surface area contributed by atoms with Gasteiger partial charge in [0.15, 0.2) is 6.10 Å². The number of ether oxygens (including phenoxy) is 2. The zero-order chi connectivity index (χ0) is 38.4. The maximum Gasteiger partial charge on any atom is 0.335 e. The summed E-state index contributed by atoms with van der Waals surface area (Å²) in [6.07, 6.45) is -13.4. The van der Waals surface area contributed by atoms with E-state index in [4.69, 9.17) is 9.47 Å². The molecule has 0 bridgehead atoms. The van der Waals surface area contributed by atoms with Gasteiger partial charge in [0, 0.05) is 23.5 Å². The van der Waals surface area contributed by atoms with Crippen molar-refractivity contribution in [1.29, 1.82) is 0 Å². The highest BCUT2D eigenvalue weighted by Gasteiger charge is 2.48. The highest BCUT2D eigenvalue weighted by Crippen LogP contribution is 2.42. The van der Waals surface area contributed by atoms with Crippen molar-refractivity contribution in [2.45, 2.75) is 88.5 Å². The summed E-state index contributed by atoms with van der Waals surface area (Å²) >= 11 is 0. The normalized spacial score (nSPS) is 21.2. The third-order valence-corrected chi connectivity index (χ3v) is 8.98. The third-order valence-electron chi connectivity index (χ3n) is 8.98. The monoisotopic (exact) mass is 734 g/mol. The number of nitrogens with one attached hydrogen (secondary N) is 1. The fraction of sp³-hybridized carbons (Fsp3) is 0.359. The zero-order valence-corrected chi connectivity index (χ0v) is 29.1. The van der Waals surface area contributed by atoms with Crippen molar-refractivity contribution < 1.29 is 58.9 Å². The Morgan fingerprint density at radius 3 is 2.08 bits per heavy atom. The molecule has 1 amide bonds. The van der Waals surface area contributed by atoms with Gasteiger partial charge in [-0.15, -0.1) is 0 Å². The van der Waals surface area contributed by atoms with Crippen molar-refractivity contribution >= 4 is 23.5 Å². The number of halogens is 1. The first kappa shape index (κ1) is 39.3. The van der Waals surface area contributed by atoms with Crippen molar-refractivity contribution in [3.63, 3.8) is 0 Å². The highest BCUT2D eigenvalue weighted by molar-refractivity contribution is 6.12. The lowest BCUT2D eigenvalue weighted by Gasteiger charge is -2.38. The van der Waals surface area contributed by atoms with Gasteiger partial charge in [0.1, 0.15) is 24.1 Å². The first-order chi connectivity index (χ1) is 25.3. The first-order valence-electron chi connectivity index (χ1n) is 17.2. The molecule has 7 atom stereocenters. The minimum Gasteiger partial charge on any atom is -0.479 e. The number of para-hydroxylation sites is 1. The summed E-state index contributed by atoms with van der Waals surface area (Å²) in [5.74, 6) is -3.78. The standard InChI is InChI=1S/C39H43FN2O11/c1-21(2)31-30(37(49)41-25-11-7-4-8-12-25)29(22-9-5-3-6-10-22)32(23-13-15-24(40)16-14-23)42(31)18-17-26(43)19-27(44)20-28(45)52-39-35(48)33(46)34(47)36(53-39)38(50)51/h3-16,21,26-27,33-36,39,43-44,46-48H,17-20H2,1-2H3,(H,41,49)(H,50,51). The number of aliphatic carboxylic acids is 1. The van der Waals surface area contributed by atoms with Crippen molar-refractivity contribution in [3.05, 3.63) is 102 Å². The summed E-state index contributed by atoms with van der Waals surface area (Å²) in [5.41, 5.74) is 4.24. The van der Waals surface area contributed by atoms with Gasteiger partial charge in [-0.3, -0.25) is 9.59 Å². The summed E-state index contributed by atoms with van der Waals surface area (Å²) in [7, 11) is 0. The van der Waals surface area contributed by atoms with Crippen LogP contribution in [0.3, 0.4) is 0 Å². The molecule has 1 saturated heterocycles. The molecule has 2 heterocycles. The van der Waals surface area contributed by atoms with Gasteiger partial charge in [0.25, 0.3) is 5.91 Å². The minimum atomic E-state index is -1.98. The maximum atomic E-state index is 14.2. The molecule has 7 unspecified atom stereocenters. The molecule has 0 radical (unpaired) electrons. The fourth-order valence-electron chi connectivity index (χ4n) is 6.52. The number of esters is 1. The molecule has 3 aromatic carbocycles. The maximum absolute atomic E-state index is 14.2. The van der Waals surface area contributed by atoms with E-state index < -0.39 is 67.1 Å². The Bertz CT molecular complexity index is 1870. The van der Waals surface area contributed by atoms with Crippen molar-refractivity contribution in [2.75, 3.05) is 5.32 Å². The van der Waals surface area contributed by atoms with Gasteiger partial charge in [-0.2, -0.15) is 0 Å². The van der Waals surface area contributed by atoms with Crippen LogP contribution < -0.4 is 5.32 Å². The number of hydrogen-bond donors (Lipinski definition) is 7. The van der Waals surface area contributed by atoms with E-state index in [0.717, 1.165) is 5.56 Å².